The van der Waals surface area contributed by atoms with Crippen molar-refractivity contribution in [3.05, 3.63) is 100 Å². The molecule has 3 rings (SSSR count). The summed E-state index contributed by atoms with van der Waals surface area (Å²) in [6.45, 7) is 6.27. The maximum atomic E-state index is 13.5. The van der Waals surface area contributed by atoms with Crippen LogP contribution in [0.5, 0.6) is 5.75 Å². The average molecular weight is 479 g/mol. The quantitative estimate of drug-likeness (QED) is 0.440. The van der Waals surface area contributed by atoms with E-state index in [0.717, 1.165) is 22.3 Å². The van der Waals surface area contributed by atoms with Gasteiger partial charge in [0.15, 0.2) is 6.61 Å². The van der Waals surface area contributed by atoms with Gasteiger partial charge in [-0.15, -0.1) is 0 Å². The van der Waals surface area contributed by atoms with Crippen LogP contribution in [0.2, 0.25) is 5.02 Å². The molecule has 0 spiro atoms. The molecule has 0 radical (unpaired) electrons. The zero-order chi connectivity index (χ0) is 24.5. The van der Waals surface area contributed by atoms with E-state index >= 15 is 0 Å². The molecule has 0 saturated heterocycles. The van der Waals surface area contributed by atoms with Crippen LogP contribution < -0.4 is 10.1 Å². The van der Waals surface area contributed by atoms with E-state index in [4.69, 9.17) is 16.3 Å². The Hall–Kier alpha value is -3.31. The van der Waals surface area contributed by atoms with E-state index in [1.54, 1.807) is 4.90 Å². The van der Waals surface area contributed by atoms with E-state index in [1.165, 1.54) is 0 Å². The normalized spacial score (nSPS) is 11.5. The highest BCUT2D eigenvalue weighted by Gasteiger charge is 2.30. The molecule has 0 aliphatic carbocycles. The monoisotopic (exact) mass is 478 g/mol. The molecular weight excluding hydrogens is 448 g/mol. The summed E-state index contributed by atoms with van der Waals surface area (Å²) < 4.78 is 5.86. The third kappa shape index (κ3) is 6.84. The minimum atomic E-state index is -0.674. The van der Waals surface area contributed by atoms with Crippen LogP contribution in [0.1, 0.15) is 29.2 Å². The molecule has 3 aromatic carbocycles. The Kier molecular flexibility index (Phi) is 9.11. The molecule has 0 saturated carbocycles. The van der Waals surface area contributed by atoms with E-state index < -0.39 is 6.04 Å². The lowest BCUT2D eigenvalue weighted by Crippen LogP contribution is -2.51. The van der Waals surface area contributed by atoms with Gasteiger partial charge in [-0.3, -0.25) is 9.59 Å². The first kappa shape index (κ1) is 25.3. The van der Waals surface area contributed by atoms with Crippen molar-refractivity contribution >= 4 is 23.4 Å². The molecule has 0 aliphatic heterocycles. The van der Waals surface area contributed by atoms with Gasteiger partial charge < -0.3 is 15.0 Å². The van der Waals surface area contributed by atoms with Gasteiger partial charge in [0.25, 0.3) is 5.91 Å². The van der Waals surface area contributed by atoms with Gasteiger partial charge >= 0.3 is 0 Å². The van der Waals surface area contributed by atoms with E-state index in [1.807, 2.05) is 93.6 Å². The predicted molar refractivity (Wildman–Crippen MR) is 136 cm³/mol. The van der Waals surface area contributed by atoms with Crippen molar-refractivity contribution in [3.63, 3.8) is 0 Å². The van der Waals surface area contributed by atoms with Crippen LogP contribution in [0, 0.1) is 13.8 Å². The minimum Gasteiger partial charge on any atom is -0.484 e. The lowest BCUT2D eigenvalue weighted by Gasteiger charge is -2.31. The van der Waals surface area contributed by atoms with Crippen molar-refractivity contribution in [2.24, 2.45) is 0 Å². The molecule has 5 nitrogen and oxygen atoms in total. The number of likely N-dealkylation sites (N-methyl/N-ethyl adjacent to an activating group) is 1. The molecule has 6 heteroatoms. The Morgan fingerprint density at radius 2 is 1.50 bits per heavy atom. The maximum absolute atomic E-state index is 13.5. The van der Waals surface area contributed by atoms with Gasteiger partial charge in [-0.2, -0.15) is 0 Å². The highest BCUT2D eigenvalue weighted by atomic mass is 35.5. The zero-order valence-corrected chi connectivity index (χ0v) is 20.6. The Bertz CT molecular complexity index is 1080. The molecule has 2 amide bonds. The molecule has 0 bridgehead atoms. The summed E-state index contributed by atoms with van der Waals surface area (Å²) in [5.74, 6) is 0.125. The summed E-state index contributed by atoms with van der Waals surface area (Å²) in [7, 11) is 0. The van der Waals surface area contributed by atoms with Crippen molar-refractivity contribution in [3.8, 4) is 5.75 Å². The Balaban J connectivity index is 1.88. The highest BCUT2D eigenvalue weighted by molar-refractivity contribution is 6.32. The topological polar surface area (TPSA) is 58.6 Å². The number of rotatable bonds is 10. The first-order valence-corrected chi connectivity index (χ1v) is 11.8. The largest absolute Gasteiger partial charge is 0.484 e. The number of benzene rings is 3. The second-order valence-electron chi connectivity index (χ2n) is 8.27. The van der Waals surface area contributed by atoms with Gasteiger partial charge in [-0.05, 0) is 55.2 Å². The van der Waals surface area contributed by atoms with Crippen molar-refractivity contribution in [2.45, 2.75) is 39.8 Å². The molecule has 178 valence electrons. The van der Waals surface area contributed by atoms with Gasteiger partial charge in [0, 0.05) is 24.5 Å². The molecule has 1 atom stereocenters. The van der Waals surface area contributed by atoms with Crippen molar-refractivity contribution in [1.82, 2.24) is 10.2 Å². The molecule has 3 aromatic rings. The van der Waals surface area contributed by atoms with Crippen molar-refractivity contribution in [2.75, 3.05) is 13.2 Å². The van der Waals surface area contributed by atoms with Gasteiger partial charge in [0.05, 0.1) is 0 Å². The maximum Gasteiger partial charge on any atom is 0.261 e. The summed E-state index contributed by atoms with van der Waals surface area (Å²) in [6.07, 6.45) is 0.407. The molecule has 0 unspecified atom stereocenters. The number of nitrogens with zero attached hydrogens (tertiary/aromatic N) is 1. The molecule has 0 heterocycles. The molecule has 1 N–H and O–H groups in total. The molecule has 0 aromatic heterocycles. The number of carbonyl (C=O) groups excluding carboxylic acids is 2. The molecule has 0 aliphatic rings. The Morgan fingerprint density at radius 3 is 2.06 bits per heavy atom. The number of aryl methyl sites for hydroxylation is 2. The number of amides is 2. The van der Waals surface area contributed by atoms with Crippen LogP contribution in [0.25, 0.3) is 0 Å². The van der Waals surface area contributed by atoms with Crippen LogP contribution in [-0.2, 0) is 22.6 Å². The Labute approximate surface area is 206 Å². The van der Waals surface area contributed by atoms with E-state index in [0.29, 0.717) is 30.3 Å². The summed E-state index contributed by atoms with van der Waals surface area (Å²) in [4.78, 5) is 28.2. The van der Waals surface area contributed by atoms with Crippen molar-refractivity contribution in [1.29, 1.82) is 0 Å². The SMILES string of the molecule is CCNC(=O)[C@H](Cc1ccccc1)N(Cc1ccccc1)C(=O)COc1cc(C)c(Cl)c(C)c1. The van der Waals surface area contributed by atoms with Gasteiger partial charge in [0.1, 0.15) is 11.8 Å². The highest BCUT2D eigenvalue weighted by Crippen LogP contribution is 2.26. The second kappa shape index (κ2) is 12.2. The fraction of sp³-hybridized carbons (Fsp3) is 0.286. The van der Waals surface area contributed by atoms with Gasteiger partial charge in [-0.25, -0.2) is 0 Å². The number of hydrogen-bond donors (Lipinski definition) is 1. The average Bonchev–Trinajstić information content (AvgIpc) is 2.84. The van der Waals surface area contributed by atoms with Crippen LogP contribution >= 0.6 is 11.6 Å². The third-order valence-corrected chi connectivity index (χ3v) is 6.19. The van der Waals surface area contributed by atoms with Crippen LogP contribution in [0.4, 0.5) is 0 Å². The van der Waals surface area contributed by atoms with E-state index in [9.17, 15) is 9.59 Å². The Morgan fingerprint density at radius 1 is 0.941 bits per heavy atom. The van der Waals surface area contributed by atoms with Crippen LogP contribution in [0.3, 0.4) is 0 Å². The number of halogens is 1. The fourth-order valence-electron chi connectivity index (χ4n) is 3.84. The fourth-order valence-corrected chi connectivity index (χ4v) is 3.95. The number of carbonyl (C=O) groups is 2. The first-order valence-electron chi connectivity index (χ1n) is 11.4. The summed E-state index contributed by atoms with van der Waals surface area (Å²) in [6, 6.07) is 22.4. The van der Waals surface area contributed by atoms with Crippen molar-refractivity contribution < 1.29 is 14.3 Å². The van der Waals surface area contributed by atoms with Crippen LogP contribution in [0.15, 0.2) is 72.8 Å². The zero-order valence-electron chi connectivity index (χ0n) is 19.9. The lowest BCUT2D eigenvalue weighted by molar-refractivity contribution is -0.142. The lowest BCUT2D eigenvalue weighted by atomic mass is 10.0. The second-order valence-corrected chi connectivity index (χ2v) is 8.65. The van der Waals surface area contributed by atoms with E-state index in [-0.39, 0.29) is 18.4 Å². The smallest absolute Gasteiger partial charge is 0.261 e. The number of ether oxygens (including phenoxy) is 1. The van der Waals surface area contributed by atoms with E-state index in [2.05, 4.69) is 5.32 Å². The third-order valence-electron chi connectivity index (χ3n) is 5.59. The standard InChI is InChI=1S/C28H31ClN2O3/c1-4-30-28(33)25(17-22-11-7-5-8-12-22)31(18-23-13-9-6-10-14-23)26(32)19-34-24-15-20(2)27(29)21(3)16-24/h5-16,25H,4,17-19H2,1-3H3,(H,30,33)/t25-/m0/s1. The molecule has 34 heavy (non-hydrogen) atoms. The predicted octanol–water partition coefficient (Wildman–Crippen LogP) is 5.11. The first-order chi connectivity index (χ1) is 16.4. The van der Waals surface area contributed by atoms with Crippen LogP contribution in [-0.4, -0.2) is 35.9 Å². The summed E-state index contributed by atoms with van der Waals surface area (Å²) in [5, 5.41) is 3.58. The van der Waals surface area contributed by atoms with Gasteiger partial charge in [-0.1, -0.05) is 72.3 Å². The molecular formula is C28H31ClN2O3. The molecule has 0 fully saturated rings. The minimum absolute atomic E-state index is 0.182. The summed E-state index contributed by atoms with van der Waals surface area (Å²) >= 11 is 6.26. The number of nitrogens with one attached hydrogen (secondary N) is 1. The van der Waals surface area contributed by atoms with Gasteiger partial charge in [0.2, 0.25) is 5.91 Å². The number of hydrogen-bond acceptors (Lipinski definition) is 3. The summed E-state index contributed by atoms with van der Waals surface area (Å²) in [5.41, 5.74) is 3.69.